The number of rotatable bonds is 6. The number of nitrogens with one attached hydrogen (secondary N) is 1. The van der Waals surface area contributed by atoms with Crippen LogP contribution in [0.5, 0.6) is 0 Å². The van der Waals surface area contributed by atoms with Crippen LogP contribution in [0.1, 0.15) is 83.1 Å². The molecule has 1 aromatic heterocycles. The lowest BCUT2D eigenvalue weighted by Crippen LogP contribution is -2.59. The molecule has 0 radical (unpaired) electrons. The van der Waals surface area contributed by atoms with Crippen molar-refractivity contribution in [2.45, 2.75) is 90.5 Å². The van der Waals surface area contributed by atoms with Crippen LogP contribution in [0.4, 0.5) is 0 Å². The SMILES string of the molecule is CC1(C)[C@H](Cc2cc(CC3CCCCC3)on2)C[C@@H]1NC(=O)C1CCC1. The van der Waals surface area contributed by atoms with E-state index in [0.717, 1.165) is 49.5 Å². The minimum Gasteiger partial charge on any atom is -0.361 e. The van der Waals surface area contributed by atoms with Gasteiger partial charge in [-0.3, -0.25) is 4.79 Å². The van der Waals surface area contributed by atoms with E-state index in [1.165, 1.54) is 38.5 Å². The Morgan fingerprint density at radius 2 is 1.92 bits per heavy atom. The Bertz CT molecular complexity index is 626. The normalized spacial score (nSPS) is 29.0. The molecular formula is C22H34N2O2. The third-order valence-electron chi connectivity index (χ3n) is 7.54. The number of hydrogen-bond acceptors (Lipinski definition) is 3. The maximum Gasteiger partial charge on any atom is 0.223 e. The smallest absolute Gasteiger partial charge is 0.223 e. The van der Waals surface area contributed by atoms with Crippen molar-refractivity contribution in [2.24, 2.45) is 23.2 Å². The van der Waals surface area contributed by atoms with Crippen molar-refractivity contribution in [2.75, 3.05) is 0 Å². The molecule has 4 heteroatoms. The summed E-state index contributed by atoms with van der Waals surface area (Å²) in [6.07, 6.45) is 13.3. The van der Waals surface area contributed by atoms with Gasteiger partial charge >= 0.3 is 0 Å². The maximum atomic E-state index is 12.2. The van der Waals surface area contributed by atoms with Crippen molar-refractivity contribution in [1.82, 2.24) is 10.5 Å². The molecule has 3 aliphatic carbocycles. The van der Waals surface area contributed by atoms with Gasteiger partial charge < -0.3 is 9.84 Å². The Morgan fingerprint density at radius 3 is 2.58 bits per heavy atom. The Labute approximate surface area is 157 Å². The highest BCUT2D eigenvalue weighted by Crippen LogP contribution is 2.48. The topological polar surface area (TPSA) is 55.1 Å². The third kappa shape index (κ3) is 3.70. The van der Waals surface area contributed by atoms with Crippen LogP contribution in [0.25, 0.3) is 0 Å². The van der Waals surface area contributed by atoms with E-state index in [1.54, 1.807) is 0 Å². The minimum absolute atomic E-state index is 0.141. The van der Waals surface area contributed by atoms with Crippen LogP contribution in [0.3, 0.4) is 0 Å². The summed E-state index contributed by atoms with van der Waals surface area (Å²) < 4.78 is 5.63. The molecule has 3 aliphatic rings. The highest BCUT2D eigenvalue weighted by molar-refractivity contribution is 5.79. The van der Waals surface area contributed by atoms with Crippen LogP contribution in [0.2, 0.25) is 0 Å². The van der Waals surface area contributed by atoms with Gasteiger partial charge in [0, 0.05) is 24.4 Å². The first kappa shape index (κ1) is 18.1. The van der Waals surface area contributed by atoms with Gasteiger partial charge in [-0.25, -0.2) is 0 Å². The first-order valence-electron chi connectivity index (χ1n) is 10.8. The van der Waals surface area contributed by atoms with E-state index in [-0.39, 0.29) is 17.2 Å². The van der Waals surface area contributed by atoms with Crippen LogP contribution in [-0.4, -0.2) is 17.1 Å². The molecule has 1 aromatic rings. The molecule has 0 aromatic carbocycles. The van der Waals surface area contributed by atoms with Crippen molar-refractivity contribution >= 4 is 5.91 Å². The van der Waals surface area contributed by atoms with Gasteiger partial charge in [-0.2, -0.15) is 0 Å². The average Bonchev–Trinajstić information content (AvgIpc) is 3.00. The molecular weight excluding hydrogens is 324 g/mol. The van der Waals surface area contributed by atoms with Crippen LogP contribution in [0, 0.1) is 23.2 Å². The fourth-order valence-electron chi connectivity index (χ4n) is 5.04. The molecule has 0 aliphatic heterocycles. The fraction of sp³-hybridized carbons (Fsp3) is 0.818. The number of nitrogens with zero attached hydrogens (tertiary/aromatic N) is 1. The molecule has 1 heterocycles. The highest BCUT2D eigenvalue weighted by Gasteiger charge is 2.49. The van der Waals surface area contributed by atoms with Crippen LogP contribution in [0.15, 0.2) is 10.6 Å². The van der Waals surface area contributed by atoms with Crippen molar-refractivity contribution in [3.8, 4) is 0 Å². The van der Waals surface area contributed by atoms with Gasteiger partial charge in [-0.15, -0.1) is 0 Å². The fourth-order valence-corrected chi connectivity index (χ4v) is 5.04. The molecule has 0 spiro atoms. The maximum absolute atomic E-state index is 12.2. The molecule has 4 nitrogen and oxygen atoms in total. The number of hydrogen-bond donors (Lipinski definition) is 1. The lowest BCUT2D eigenvalue weighted by Gasteiger charge is -2.52. The number of carbonyl (C=O) groups excluding carboxylic acids is 1. The summed E-state index contributed by atoms with van der Waals surface area (Å²) in [7, 11) is 0. The second kappa shape index (κ2) is 7.36. The van der Waals surface area contributed by atoms with E-state index in [9.17, 15) is 4.79 Å². The van der Waals surface area contributed by atoms with Gasteiger partial charge in [0.15, 0.2) is 0 Å². The van der Waals surface area contributed by atoms with E-state index in [0.29, 0.717) is 12.0 Å². The number of carbonyl (C=O) groups is 1. The van der Waals surface area contributed by atoms with Gasteiger partial charge in [-0.1, -0.05) is 57.5 Å². The van der Waals surface area contributed by atoms with Crippen LogP contribution >= 0.6 is 0 Å². The third-order valence-corrected chi connectivity index (χ3v) is 7.54. The van der Waals surface area contributed by atoms with Crippen molar-refractivity contribution in [1.29, 1.82) is 0 Å². The second-order valence-electron chi connectivity index (χ2n) is 9.64. The molecule has 0 bridgehead atoms. The summed E-state index contributed by atoms with van der Waals surface area (Å²) in [4.78, 5) is 12.2. The standard InChI is InChI=1S/C22H34N2O2/c1-22(2)17(13-20(22)23-21(25)16-9-6-10-16)12-18-14-19(26-24-18)11-15-7-4-3-5-8-15/h14-17,20H,3-13H2,1-2H3,(H,23,25)/t17-,20+/m1/s1. The summed E-state index contributed by atoms with van der Waals surface area (Å²) in [6, 6.07) is 2.50. The Balaban J connectivity index is 1.27. The van der Waals surface area contributed by atoms with Crippen molar-refractivity contribution in [3.63, 3.8) is 0 Å². The lowest BCUT2D eigenvalue weighted by atomic mass is 9.57. The Kier molecular flexibility index (Phi) is 5.11. The molecule has 144 valence electrons. The quantitative estimate of drug-likeness (QED) is 0.804. The van der Waals surface area contributed by atoms with Gasteiger partial charge in [-0.05, 0) is 42.9 Å². The first-order valence-corrected chi connectivity index (χ1v) is 10.8. The summed E-state index contributed by atoms with van der Waals surface area (Å²) in [5.41, 5.74) is 1.24. The van der Waals surface area contributed by atoms with Gasteiger partial charge in [0.2, 0.25) is 5.91 Å². The predicted octanol–water partition coefficient (Wildman–Crippen LogP) is 4.67. The highest BCUT2D eigenvalue weighted by atomic mass is 16.5. The predicted molar refractivity (Wildman–Crippen MR) is 102 cm³/mol. The average molecular weight is 359 g/mol. The summed E-state index contributed by atoms with van der Waals surface area (Å²) >= 11 is 0. The lowest BCUT2D eigenvalue weighted by molar-refractivity contribution is -0.132. The van der Waals surface area contributed by atoms with Gasteiger partial charge in [0.25, 0.3) is 0 Å². The summed E-state index contributed by atoms with van der Waals surface area (Å²) in [5, 5.41) is 7.64. The monoisotopic (exact) mass is 358 g/mol. The number of aromatic nitrogens is 1. The van der Waals surface area contributed by atoms with Crippen LogP contribution < -0.4 is 5.32 Å². The van der Waals surface area contributed by atoms with E-state index < -0.39 is 0 Å². The zero-order valence-corrected chi connectivity index (χ0v) is 16.4. The van der Waals surface area contributed by atoms with Gasteiger partial charge in [0.05, 0.1) is 5.69 Å². The Morgan fingerprint density at radius 1 is 1.15 bits per heavy atom. The summed E-state index contributed by atoms with van der Waals surface area (Å²) in [6.45, 7) is 4.58. The number of amides is 1. The molecule has 0 unspecified atom stereocenters. The zero-order chi connectivity index (χ0) is 18.1. The molecule has 3 fully saturated rings. The molecule has 1 N–H and O–H groups in total. The largest absolute Gasteiger partial charge is 0.361 e. The van der Waals surface area contributed by atoms with E-state index in [1.807, 2.05) is 0 Å². The molecule has 2 atom stereocenters. The minimum atomic E-state index is 0.141. The molecule has 3 saturated carbocycles. The van der Waals surface area contributed by atoms with E-state index >= 15 is 0 Å². The summed E-state index contributed by atoms with van der Waals surface area (Å²) in [5.74, 6) is 2.99. The Hall–Kier alpha value is -1.32. The molecule has 1 amide bonds. The van der Waals surface area contributed by atoms with Crippen LogP contribution in [-0.2, 0) is 17.6 Å². The second-order valence-corrected chi connectivity index (χ2v) is 9.64. The first-order chi connectivity index (χ1) is 12.5. The van der Waals surface area contributed by atoms with E-state index in [2.05, 4.69) is 30.4 Å². The van der Waals surface area contributed by atoms with Crippen molar-refractivity contribution in [3.05, 3.63) is 17.5 Å². The zero-order valence-electron chi connectivity index (χ0n) is 16.4. The van der Waals surface area contributed by atoms with E-state index in [4.69, 9.17) is 4.52 Å². The van der Waals surface area contributed by atoms with Crippen molar-refractivity contribution < 1.29 is 9.32 Å². The molecule has 26 heavy (non-hydrogen) atoms. The molecule has 4 rings (SSSR count). The molecule has 0 saturated heterocycles. The van der Waals surface area contributed by atoms with Gasteiger partial charge in [0.1, 0.15) is 5.76 Å².